The van der Waals surface area contributed by atoms with Crippen molar-refractivity contribution in [2.45, 2.75) is 30.4 Å². The first-order valence-corrected chi connectivity index (χ1v) is 13.4. The molecule has 170 valence electrons. The second-order valence-corrected chi connectivity index (χ2v) is 12.3. The van der Waals surface area contributed by atoms with Gasteiger partial charge in [0.1, 0.15) is 10.6 Å². The number of halogens is 6. The van der Waals surface area contributed by atoms with E-state index in [2.05, 4.69) is 15.9 Å². The van der Waals surface area contributed by atoms with Crippen LogP contribution in [0.15, 0.2) is 16.6 Å². The van der Waals surface area contributed by atoms with E-state index in [0.29, 0.717) is 11.3 Å². The molecular weight excluding hydrogens is 544 g/mol. The third-order valence-electron chi connectivity index (χ3n) is 3.70. The van der Waals surface area contributed by atoms with Crippen molar-refractivity contribution in [3.8, 4) is 5.75 Å². The first-order valence-electron chi connectivity index (χ1n) is 8.02. The van der Waals surface area contributed by atoms with E-state index in [1.165, 1.54) is 12.1 Å². The van der Waals surface area contributed by atoms with E-state index in [9.17, 15) is 30.7 Å². The first kappa shape index (κ1) is 25.5. The summed E-state index contributed by atoms with van der Waals surface area (Å²) in [5, 5.41) is 0.0510. The van der Waals surface area contributed by atoms with Crippen LogP contribution in [0.25, 0.3) is 10.1 Å². The predicted molar refractivity (Wildman–Crippen MR) is 107 cm³/mol. The number of benzene rings is 1. The maximum Gasteiger partial charge on any atom is 0.400 e. The van der Waals surface area contributed by atoms with Gasteiger partial charge in [0.25, 0.3) is 0 Å². The summed E-state index contributed by atoms with van der Waals surface area (Å²) in [7, 11) is -8.93. The summed E-state index contributed by atoms with van der Waals surface area (Å²) < 4.78 is 101. The average molecular weight is 560 g/mol. The Morgan fingerprint density at radius 1 is 1.27 bits per heavy atom. The van der Waals surface area contributed by atoms with Gasteiger partial charge in [-0.25, -0.2) is 4.21 Å². The van der Waals surface area contributed by atoms with Crippen molar-refractivity contribution < 1.29 is 45.2 Å². The molecule has 2 rings (SSSR count). The van der Waals surface area contributed by atoms with Gasteiger partial charge in [0.05, 0.1) is 17.1 Å². The fourth-order valence-electron chi connectivity index (χ4n) is 2.49. The molecule has 1 atom stereocenters. The first-order chi connectivity index (χ1) is 13.4. The van der Waals surface area contributed by atoms with Crippen LogP contribution in [-0.4, -0.2) is 33.0 Å². The SMILES string of the molecule is C[S@@](=N)(=O)Cc1cc(OCCCC(F)(F)F)c2sc(C(F)(F)P(=O)(O)O)c(Br)c2c1. The second kappa shape index (κ2) is 8.62. The van der Waals surface area contributed by atoms with Gasteiger partial charge in [0.2, 0.25) is 0 Å². The minimum absolute atomic E-state index is 0.0216. The molecule has 0 aliphatic carbocycles. The lowest BCUT2D eigenvalue weighted by atomic mass is 10.1. The number of thiophene rings is 1. The molecule has 0 aliphatic heterocycles. The molecule has 15 heteroatoms. The molecule has 1 heterocycles. The summed E-state index contributed by atoms with van der Waals surface area (Å²) in [6, 6.07) is 2.59. The van der Waals surface area contributed by atoms with Gasteiger partial charge in [-0.15, -0.1) is 11.3 Å². The molecule has 0 saturated carbocycles. The van der Waals surface area contributed by atoms with E-state index in [1.54, 1.807) is 0 Å². The molecule has 2 aromatic rings. The number of nitrogens with one attached hydrogen (secondary N) is 1. The van der Waals surface area contributed by atoms with Crippen LogP contribution in [0.3, 0.4) is 0 Å². The Morgan fingerprint density at radius 2 is 1.87 bits per heavy atom. The van der Waals surface area contributed by atoms with Crippen molar-refractivity contribution in [2.75, 3.05) is 12.9 Å². The summed E-state index contributed by atoms with van der Waals surface area (Å²) >= 11 is 3.22. The Balaban J connectivity index is 2.56. The van der Waals surface area contributed by atoms with Crippen LogP contribution in [-0.2, 0) is 25.7 Å². The van der Waals surface area contributed by atoms with Gasteiger partial charge >= 0.3 is 19.4 Å². The van der Waals surface area contributed by atoms with E-state index in [0.717, 1.165) is 6.26 Å². The Kier molecular flexibility index (Phi) is 7.32. The van der Waals surface area contributed by atoms with Crippen LogP contribution >= 0.6 is 34.9 Å². The van der Waals surface area contributed by atoms with Crippen molar-refractivity contribution in [1.82, 2.24) is 0 Å². The van der Waals surface area contributed by atoms with Crippen LogP contribution in [0.1, 0.15) is 23.3 Å². The van der Waals surface area contributed by atoms with Crippen LogP contribution in [0.2, 0.25) is 0 Å². The Bertz CT molecular complexity index is 1100. The summed E-state index contributed by atoms with van der Waals surface area (Å²) in [6.45, 7) is -0.403. The van der Waals surface area contributed by atoms with Gasteiger partial charge in [-0.1, -0.05) is 0 Å². The molecule has 30 heavy (non-hydrogen) atoms. The zero-order chi connectivity index (χ0) is 23.1. The van der Waals surface area contributed by atoms with Crippen LogP contribution < -0.4 is 4.74 Å². The molecular formula is C15H16BrF5NO5PS2. The lowest BCUT2D eigenvalue weighted by Crippen LogP contribution is -2.12. The predicted octanol–water partition coefficient (Wildman–Crippen LogP) is 5.79. The van der Waals surface area contributed by atoms with Gasteiger partial charge < -0.3 is 14.5 Å². The summed E-state index contributed by atoms with van der Waals surface area (Å²) in [5.41, 5.74) is -4.28. The summed E-state index contributed by atoms with van der Waals surface area (Å²) in [5.74, 6) is -0.388. The molecule has 0 fully saturated rings. The maximum absolute atomic E-state index is 14.3. The monoisotopic (exact) mass is 559 g/mol. The number of rotatable bonds is 8. The smallest absolute Gasteiger partial charge is 0.400 e. The van der Waals surface area contributed by atoms with E-state index in [1.807, 2.05) is 0 Å². The van der Waals surface area contributed by atoms with Crippen molar-refractivity contribution in [3.63, 3.8) is 0 Å². The molecule has 1 aromatic carbocycles. The van der Waals surface area contributed by atoms with Gasteiger partial charge in [0.15, 0.2) is 0 Å². The number of fused-ring (bicyclic) bond motifs is 1. The van der Waals surface area contributed by atoms with Gasteiger partial charge in [-0.2, -0.15) is 22.0 Å². The molecule has 0 saturated heterocycles. The second-order valence-electron chi connectivity index (χ2n) is 6.52. The highest BCUT2D eigenvalue weighted by Gasteiger charge is 2.53. The number of hydrogen-bond donors (Lipinski definition) is 3. The van der Waals surface area contributed by atoms with E-state index < -0.39 is 53.5 Å². The van der Waals surface area contributed by atoms with E-state index in [4.69, 9.17) is 19.3 Å². The fourth-order valence-corrected chi connectivity index (χ4v) is 6.26. The molecule has 0 unspecified atom stereocenters. The van der Waals surface area contributed by atoms with Crippen LogP contribution in [0, 0.1) is 4.78 Å². The van der Waals surface area contributed by atoms with Crippen molar-refractivity contribution in [2.24, 2.45) is 0 Å². The zero-order valence-corrected chi connectivity index (χ0v) is 19.2. The number of hydrogen-bond acceptors (Lipinski definition) is 5. The van der Waals surface area contributed by atoms with Gasteiger partial charge in [-0.3, -0.25) is 9.34 Å². The van der Waals surface area contributed by atoms with Crippen molar-refractivity contribution in [3.05, 3.63) is 27.0 Å². The third kappa shape index (κ3) is 6.13. The number of ether oxygens (including phenoxy) is 1. The molecule has 0 spiro atoms. The average Bonchev–Trinajstić information content (AvgIpc) is 2.86. The lowest BCUT2D eigenvalue weighted by molar-refractivity contribution is -0.136. The minimum atomic E-state index is -5.87. The van der Waals surface area contributed by atoms with E-state index in [-0.39, 0.29) is 31.6 Å². The molecule has 0 aliphatic rings. The molecule has 0 bridgehead atoms. The van der Waals surface area contributed by atoms with Crippen molar-refractivity contribution in [1.29, 1.82) is 4.78 Å². The van der Waals surface area contributed by atoms with Crippen LogP contribution in [0.4, 0.5) is 22.0 Å². The van der Waals surface area contributed by atoms with Gasteiger partial charge in [0, 0.05) is 32.3 Å². The molecule has 6 nitrogen and oxygen atoms in total. The quantitative estimate of drug-likeness (QED) is 0.215. The maximum atomic E-state index is 14.3. The third-order valence-corrected chi connectivity index (χ3v) is 8.06. The standard InChI is InChI=1S/C15H16BrF5NO5PS2/c1-30(22,26)7-8-5-9-11(16)13(15(20,21)28(23,24)25)29-12(9)10(6-8)27-4-2-3-14(17,18)19/h5-6,22H,2-4,7H2,1H3,(H2,23,24,25)/t30-/m1/s1. The highest BCUT2D eigenvalue weighted by Crippen LogP contribution is 2.63. The normalized spacial score (nSPS) is 15.4. The largest absolute Gasteiger partial charge is 0.492 e. The minimum Gasteiger partial charge on any atom is -0.492 e. The van der Waals surface area contributed by atoms with Crippen LogP contribution in [0.5, 0.6) is 5.75 Å². The topological polar surface area (TPSA) is 108 Å². The molecule has 1 aromatic heterocycles. The Morgan fingerprint density at radius 3 is 2.37 bits per heavy atom. The van der Waals surface area contributed by atoms with Crippen molar-refractivity contribution >= 4 is 54.7 Å². The molecule has 0 radical (unpaired) electrons. The molecule has 0 amide bonds. The fraction of sp³-hybridized carbons (Fsp3) is 0.467. The summed E-state index contributed by atoms with van der Waals surface area (Å²) in [4.78, 5) is 17.1. The highest BCUT2D eigenvalue weighted by molar-refractivity contribution is 9.10. The zero-order valence-electron chi connectivity index (χ0n) is 15.1. The van der Waals surface area contributed by atoms with E-state index >= 15 is 0 Å². The lowest BCUT2D eigenvalue weighted by Gasteiger charge is -2.16. The highest BCUT2D eigenvalue weighted by atomic mass is 79.9. The van der Waals surface area contributed by atoms with Gasteiger partial charge in [-0.05, 0) is 40.0 Å². The molecule has 3 N–H and O–H groups in total. The Labute approximate surface area is 180 Å². The summed E-state index contributed by atoms with van der Waals surface area (Å²) in [6.07, 6.45) is -4.78. The Hall–Kier alpha value is -0.790. The number of alkyl halides is 5.